The molecule has 39 heavy (non-hydrogen) atoms. The summed E-state index contributed by atoms with van der Waals surface area (Å²) in [6, 6.07) is 7.85. The molecule has 5 rings (SSSR count). The fourth-order valence-corrected chi connectivity index (χ4v) is 5.13. The number of aromatic nitrogens is 1. The second kappa shape index (κ2) is 10.2. The maximum atomic E-state index is 14.6. The third kappa shape index (κ3) is 5.23. The van der Waals surface area contributed by atoms with Crippen molar-refractivity contribution in [3.63, 3.8) is 0 Å². The molecular formula is C28H23ClF5N3O2. The molecule has 0 radical (unpaired) electrons. The van der Waals surface area contributed by atoms with Crippen molar-refractivity contribution < 1.29 is 31.5 Å². The van der Waals surface area contributed by atoms with Crippen LogP contribution in [-0.2, 0) is 22.1 Å². The zero-order valence-corrected chi connectivity index (χ0v) is 21.7. The minimum atomic E-state index is -4.63. The molecule has 0 saturated carbocycles. The van der Waals surface area contributed by atoms with Gasteiger partial charge in [-0.3, -0.25) is 4.79 Å². The van der Waals surface area contributed by atoms with Crippen LogP contribution < -0.4 is 9.80 Å². The number of hydrogen-bond acceptors (Lipinski definition) is 4. The summed E-state index contributed by atoms with van der Waals surface area (Å²) in [6.07, 6.45) is -1.84. The highest BCUT2D eigenvalue weighted by Gasteiger charge is 2.40. The number of carbonyl (C=O) groups excluding carboxylic acids is 1. The van der Waals surface area contributed by atoms with Crippen LogP contribution in [0.25, 0.3) is 5.57 Å². The molecule has 0 fully saturated rings. The molecule has 2 aliphatic heterocycles. The van der Waals surface area contributed by atoms with E-state index < -0.39 is 35.3 Å². The van der Waals surface area contributed by atoms with E-state index in [1.807, 2.05) is 18.2 Å². The molecule has 3 heterocycles. The maximum absolute atomic E-state index is 14.6. The molecule has 2 aromatic carbocycles. The molecule has 1 amide bonds. The quantitative estimate of drug-likeness (QED) is 0.257. The molecule has 0 N–H and O–H groups in total. The van der Waals surface area contributed by atoms with Crippen molar-refractivity contribution in [3.05, 3.63) is 87.6 Å². The van der Waals surface area contributed by atoms with E-state index >= 15 is 0 Å². The standard InChI is InChI=1S/C28H23ClF5N3O2/c1-15-9-19(28(32,33)34)12-26(35-15)37-23-4-3-17(16-5-7-39-8-6-16)10-18(23)11-25(37)27(38)36(2)24-13-20(29)21(30)14-22(24)31/h3-5,9-10,12-14,25H,6-8,11H2,1-2H3/t25-/m0/s1. The van der Waals surface area contributed by atoms with E-state index in [4.69, 9.17) is 16.3 Å². The molecule has 5 nitrogen and oxygen atoms in total. The van der Waals surface area contributed by atoms with Crippen LogP contribution in [0, 0.1) is 18.6 Å². The van der Waals surface area contributed by atoms with E-state index in [1.54, 1.807) is 6.07 Å². The molecule has 3 aromatic rings. The number of ether oxygens (including phenoxy) is 1. The van der Waals surface area contributed by atoms with Gasteiger partial charge in [-0.25, -0.2) is 13.8 Å². The van der Waals surface area contributed by atoms with Gasteiger partial charge in [-0.2, -0.15) is 13.2 Å². The van der Waals surface area contributed by atoms with Gasteiger partial charge in [0, 0.05) is 30.9 Å². The highest BCUT2D eigenvalue weighted by molar-refractivity contribution is 6.31. The molecule has 0 aliphatic carbocycles. The fourth-order valence-electron chi connectivity index (χ4n) is 4.97. The van der Waals surface area contributed by atoms with Gasteiger partial charge in [0.05, 0.1) is 29.5 Å². The Labute approximate surface area is 226 Å². The second-order valence-corrected chi connectivity index (χ2v) is 9.86. The van der Waals surface area contributed by atoms with Gasteiger partial charge in [-0.05, 0) is 60.4 Å². The van der Waals surface area contributed by atoms with Crippen LogP contribution in [0.15, 0.2) is 48.5 Å². The van der Waals surface area contributed by atoms with Gasteiger partial charge < -0.3 is 14.5 Å². The molecular weight excluding hydrogens is 541 g/mol. The summed E-state index contributed by atoms with van der Waals surface area (Å²) in [4.78, 5) is 20.6. The number of hydrogen-bond donors (Lipinski definition) is 0. The molecule has 0 spiro atoms. The lowest BCUT2D eigenvalue weighted by Gasteiger charge is -2.30. The Morgan fingerprint density at radius 3 is 2.59 bits per heavy atom. The number of benzene rings is 2. The van der Waals surface area contributed by atoms with Gasteiger partial charge >= 0.3 is 6.18 Å². The summed E-state index contributed by atoms with van der Waals surface area (Å²) in [5.41, 5.74) is 2.18. The monoisotopic (exact) mass is 563 g/mol. The van der Waals surface area contributed by atoms with Crippen LogP contribution in [0.3, 0.4) is 0 Å². The Hall–Kier alpha value is -3.50. The summed E-state index contributed by atoms with van der Waals surface area (Å²) in [5.74, 6) is -2.68. The van der Waals surface area contributed by atoms with E-state index in [0.717, 1.165) is 39.8 Å². The van der Waals surface area contributed by atoms with Crippen LogP contribution in [0.2, 0.25) is 5.02 Å². The average Bonchev–Trinajstić information content (AvgIpc) is 3.28. The van der Waals surface area contributed by atoms with Gasteiger partial charge in [0.1, 0.15) is 23.5 Å². The number of nitrogens with zero attached hydrogens (tertiary/aromatic N) is 3. The summed E-state index contributed by atoms with van der Waals surface area (Å²) in [7, 11) is 1.30. The van der Waals surface area contributed by atoms with E-state index in [0.29, 0.717) is 31.4 Å². The number of likely N-dealkylation sites (N-methyl/N-ethyl adjacent to an activating group) is 1. The summed E-state index contributed by atoms with van der Waals surface area (Å²) in [6.45, 7) is 2.49. The van der Waals surface area contributed by atoms with Gasteiger partial charge in [0.15, 0.2) is 0 Å². The van der Waals surface area contributed by atoms with Crippen LogP contribution >= 0.6 is 11.6 Å². The number of amides is 1. The predicted molar refractivity (Wildman–Crippen MR) is 138 cm³/mol. The highest BCUT2D eigenvalue weighted by Crippen LogP contribution is 2.42. The lowest BCUT2D eigenvalue weighted by Crippen LogP contribution is -2.45. The maximum Gasteiger partial charge on any atom is 0.416 e. The molecule has 11 heteroatoms. The van der Waals surface area contributed by atoms with Crippen molar-refractivity contribution in [2.45, 2.75) is 32.0 Å². The zero-order valence-electron chi connectivity index (χ0n) is 21.0. The fraction of sp³-hybridized carbons (Fsp3) is 0.286. The van der Waals surface area contributed by atoms with Crippen molar-refractivity contribution >= 4 is 40.3 Å². The minimum Gasteiger partial charge on any atom is -0.377 e. The molecule has 204 valence electrons. The van der Waals surface area contributed by atoms with Crippen LogP contribution in [-0.4, -0.2) is 37.2 Å². The highest BCUT2D eigenvalue weighted by atomic mass is 35.5. The second-order valence-electron chi connectivity index (χ2n) is 9.46. The Kier molecular flexibility index (Phi) is 7.11. The predicted octanol–water partition coefficient (Wildman–Crippen LogP) is 6.87. The van der Waals surface area contributed by atoms with Crippen molar-refractivity contribution in [2.75, 3.05) is 30.1 Å². The van der Waals surface area contributed by atoms with E-state index in [9.17, 15) is 26.7 Å². The first-order chi connectivity index (χ1) is 18.4. The minimum absolute atomic E-state index is 0.0662. The van der Waals surface area contributed by atoms with E-state index in [2.05, 4.69) is 4.98 Å². The summed E-state index contributed by atoms with van der Waals surface area (Å²) < 4.78 is 74.8. The average molecular weight is 564 g/mol. The Bertz CT molecular complexity index is 1490. The third-order valence-electron chi connectivity index (χ3n) is 6.88. The number of aryl methyl sites for hydroxylation is 1. The number of pyridine rings is 1. The first-order valence-corrected chi connectivity index (χ1v) is 12.5. The number of alkyl halides is 3. The Morgan fingerprint density at radius 2 is 1.90 bits per heavy atom. The molecule has 0 saturated heterocycles. The smallest absolute Gasteiger partial charge is 0.377 e. The van der Waals surface area contributed by atoms with Gasteiger partial charge in [0.2, 0.25) is 5.91 Å². The lowest BCUT2D eigenvalue weighted by atomic mass is 9.98. The molecule has 2 aliphatic rings. The van der Waals surface area contributed by atoms with Crippen LogP contribution in [0.1, 0.15) is 28.8 Å². The van der Waals surface area contributed by atoms with Gasteiger partial charge in [0.25, 0.3) is 0 Å². The number of halogens is 6. The van der Waals surface area contributed by atoms with Crippen molar-refractivity contribution in [1.29, 1.82) is 0 Å². The van der Waals surface area contributed by atoms with Crippen LogP contribution in [0.5, 0.6) is 0 Å². The zero-order chi connectivity index (χ0) is 28.1. The topological polar surface area (TPSA) is 45.7 Å². The van der Waals surface area contributed by atoms with Gasteiger partial charge in [-0.1, -0.05) is 23.7 Å². The molecule has 0 bridgehead atoms. The SMILES string of the molecule is Cc1cc(C(F)(F)F)cc(N2c3ccc(C4=CCOCC4)cc3C[C@H]2C(=O)N(C)c2cc(Cl)c(F)cc2F)n1. The number of rotatable bonds is 4. The largest absolute Gasteiger partial charge is 0.416 e. The van der Waals surface area contributed by atoms with Crippen molar-refractivity contribution in [2.24, 2.45) is 0 Å². The molecule has 0 unspecified atom stereocenters. The van der Waals surface area contributed by atoms with Gasteiger partial charge in [-0.15, -0.1) is 0 Å². The normalized spacial score (nSPS) is 17.2. The molecule has 1 aromatic heterocycles. The Morgan fingerprint density at radius 1 is 1.13 bits per heavy atom. The number of carbonyl (C=O) groups is 1. The first kappa shape index (κ1) is 27.1. The molecule has 1 atom stereocenters. The summed E-state index contributed by atoms with van der Waals surface area (Å²) >= 11 is 5.84. The third-order valence-corrected chi connectivity index (χ3v) is 7.17. The summed E-state index contributed by atoms with van der Waals surface area (Å²) in [5, 5.41) is -0.373. The van der Waals surface area contributed by atoms with E-state index in [-0.39, 0.29) is 28.6 Å². The van der Waals surface area contributed by atoms with Crippen molar-refractivity contribution in [1.82, 2.24) is 4.98 Å². The van der Waals surface area contributed by atoms with Crippen LogP contribution in [0.4, 0.5) is 39.1 Å². The van der Waals surface area contributed by atoms with Crippen molar-refractivity contribution in [3.8, 4) is 0 Å². The lowest BCUT2D eigenvalue weighted by molar-refractivity contribution is -0.137. The van der Waals surface area contributed by atoms with E-state index in [1.165, 1.54) is 18.9 Å². The number of anilines is 3. The first-order valence-electron chi connectivity index (χ1n) is 12.1. The number of fused-ring (bicyclic) bond motifs is 1. The Balaban J connectivity index is 1.60.